The molecule has 0 unspecified atom stereocenters. The Labute approximate surface area is 116 Å². The highest BCUT2D eigenvalue weighted by Gasteiger charge is 2.02. The molecule has 0 aliphatic heterocycles. The minimum atomic E-state index is 0.701. The summed E-state index contributed by atoms with van der Waals surface area (Å²) in [4.78, 5) is 4.64. The van der Waals surface area contributed by atoms with Gasteiger partial charge in [-0.1, -0.05) is 23.7 Å². The van der Waals surface area contributed by atoms with Crippen LogP contribution in [0, 0.1) is 0 Å². The fourth-order valence-corrected chi connectivity index (χ4v) is 2.18. The van der Waals surface area contributed by atoms with Crippen molar-refractivity contribution >= 4 is 22.5 Å². The van der Waals surface area contributed by atoms with Gasteiger partial charge in [-0.15, -0.1) is 0 Å². The predicted molar refractivity (Wildman–Crippen MR) is 78.7 cm³/mol. The smallest absolute Gasteiger partial charge is 0.118 e. The lowest BCUT2D eigenvalue weighted by Gasteiger charge is -2.05. The normalized spacial score (nSPS) is 10.6. The average molecular weight is 270 g/mol. The summed E-state index contributed by atoms with van der Waals surface area (Å²) in [6.45, 7) is 0. The van der Waals surface area contributed by atoms with Crippen molar-refractivity contribution in [2.24, 2.45) is 0 Å². The molecular weight excluding hydrogens is 258 g/mol. The minimum Gasteiger partial charge on any atom is -0.497 e. The molecular formula is C16H12ClNO. The molecule has 0 amide bonds. The molecule has 0 fully saturated rings. The van der Waals surface area contributed by atoms with E-state index >= 15 is 0 Å². The number of pyridine rings is 1. The molecule has 0 atom stereocenters. The molecule has 2 aromatic carbocycles. The van der Waals surface area contributed by atoms with Crippen LogP contribution in [0.5, 0.6) is 5.75 Å². The first-order chi connectivity index (χ1) is 9.26. The van der Waals surface area contributed by atoms with E-state index in [-0.39, 0.29) is 0 Å². The maximum atomic E-state index is 6.00. The van der Waals surface area contributed by atoms with Crippen LogP contribution in [-0.4, -0.2) is 12.1 Å². The lowest BCUT2D eigenvalue weighted by atomic mass is 10.1. The van der Waals surface area contributed by atoms with Gasteiger partial charge in [0.15, 0.2) is 0 Å². The Morgan fingerprint density at radius 2 is 1.68 bits per heavy atom. The molecule has 3 rings (SSSR count). The van der Waals surface area contributed by atoms with E-state index in [0.29, 0.717) is 5.02 Å². The molecule has 1 heterocycles. The van der Waals surface area contributed by atoms with Crippen LogP contribution < -0.4 is 4.74 Å². The summed E-state index contributed by atoms with van der Waals surface area (Å²) in [7, 11) is 1.66. The van der Waals surface area contributed by atoms with E-state index in [1.165, 1.54) is 0 Å². The maximum Gasteiger partial charge on any atom is 0.118 e. The van der Waals surface area contributed by atoms with Gasteiger partial charge in [-0.2, -0.15) is 0 Å². The third kappa shape index (κ3) is 2.40. The quantitative estimate of drug-likeness (QED) is 0.680. The van der Waals surface area contributed by atoms with E-state index in [0.717, 1.165) is 27.9 Å². The molecule has 0 aliphatic carbocycles. The fraction of sp³-hybridized carbons (Fsp3) is 0.0625. The first-order valence-corrected chi connectivity index (χ1v) is 6.35. The van der Waals surface area contributed by atoms with Crippen LogP contribution in [0.1, 0.15) is 0 Å². The summed E-state index contributed by atoms with van der Waals surface area (Å²) >= 11 is 6.00. The fourth-order valence-electron chi connectivity index (χ4n) is 2.01. The van der Waals surface area contributed by atoms with Crippen molar-refractivity contribution in [3.63, 3.8) is 0 Å². The summed E-state index contributed by atoms with van der Waals surface area (Å²) in [5.74, 6) is 0.840. The highest BCUT2D eigenvalue weighted by atomic mass is 35.5. The monoisotopic (exact) mass is 269 g/mol. The second-order valence-corrected chi connectivity index (χ2v) is 4.70. The third-order valence-corrected chi connectivity index (χ3v) is 3.28. The second-order valence-electron chi connectivity index (χ2n) is 4.26. The summed E-state index contributed by atoms with van der Waals surface area (Å²) in [5.41, 5.74) is 2.89. The Morgan fingerprint density at radius 3 is 2.42 bits per heavy atom. The second kappa shape index (κ2) is 4.90. The maximum absolute atomic E-state index is 6.00. The molecule has 0 N–H and O–H groups in total. The molecule has 3 heteroatoms. The van der Waals surface area contributed by atoms with E-state index in [9.17, 15) is 0 Å². The van der Waals surface area contributed by atoms with Gasteiger partial charge in [0.2, 0.25) is 0 Å². The lowest BCUT2D eigenvalue weighted by Crippen LogP contribution is -1.86. The molecule has 94 valence electrons. The summed E-state index contributed by atoms with van der Waals surface area (Å²) in [6, 6.07) is 17.6. The van der Waals surface area contributed by atoms with Crippen molar-refractivity contribution in [3.8, 4) is 17.0 Å². The van der Waals surface area contributed by atoms with Crippen LogP contribution in [0.25, 0.3) is 22.2 Å². The molecule has 0 saturated carbocycles. The summed E-state index contributed by atoms with van der Waals surface area (Å²) in [5, 5.41) is 1.79. The van der Waals surface area contributed by atoms with Gasteiger partial charge in [-0.25, -0.2) is 4.98 Å². The first kappa shape index (κ1) is 12.0. The Hall–Kier alpha value is -2.06. The van der Waals surface area contributed by atoms with Crippen LogP contribution >= 0.6 is 11.6 Å². The predicted octanol–water partition coefficient (Wildman–Crippen LogP) is 4.56. The number of benzene rings is 2. The van der Waals surface area contributed by atoms with Gasteiger partial charge in [0, 0.05) is 16.0 Å². The van der Waals surface area contributed by atoms with Crippen LogP contribution in [0.4, 0.5) is 0 Å². The Balaban J connectivity index is 2.08. The zero-order valence-corrected chi connectivity index (χ0v) is 11.2. The van der Waals surface area contributed by atoms with Crippen LogP contribution in [-0.2, 0) is 0 Å². The average Bonchev–Trinajstić information content (AvgIpc) is 2.46. The van der Waals surface area contributed by atoms with E-state index in [1.807, 2.05) is 48.5 Å². The highest BCUT2D eigenvalue weighted by molar-refractivity contribution is 6.31. The van der Waals surface area contributed by atoms with Gasteiger partial charge in [0.05, 0.1) is 18.3 Å². The number of aromatic nitrogens is 1. The van der Waals surface area contributed by atoms with Gasteiger partial charge in [-0.05, 0) is 42.5 Å². The SMILES string of the molecule is COc1ccc(-c2ccc3ccc(Cl)cc3n2)cc1. The number of methoxy groups -OCH3 is 1. The van der Waals surface area contributed by atoms with Gasteiger partial charge in [-0.3, -0.25) is 0 Å². The largest absolute Gasteiger partial charge is 0.497 e. The van der Waals surface area contributed by atoms with Gasteiger partial charge in [0.25, 0.3) is 0 Å². The number of halogens is 1. The van der Waals surface area contributed by atoms with E-state index in [4.69, 9.17) is 16.3 Å². The summed E-state index contributed by atoms with van der Waals surface area (Å²) < 4.78 is 5.15. The Kier molecular flexibility index (Phi) is 3.10. The number of nitrogens with zero attached hydrogens (tertiary/aromatic N) is 1. The Bertz CT molecular complexity index is 722. The minimum absolute atomic E-state index is 0.701. The molecule has 19 heavy (non-hydrogen) atoms. The van der Waals surface area contributed by atoms with Crippen LogP contribution in [0.2, 0.25) is 5.02 Å². The van der Waals surface area contributed by atoms with Gasteiger partial charge < -0.3 is 4.74 Å². The van der Waals surface area contributed by atoms with Gasteiger partial charge in [0.1, 0.15) is 5.75 Å². The zero-order chi connectivity index (χ0) is 13.2. The standard InChI is InChI=1S/C16H12ClNO/c1-19-14-7-3-11(4-8-14)15-9-5-12-2-6-13(17)10-16(12)18-15/h2-10H,1H3. The molecule has 0 aliphatic rings. The lowest BCUT2D eigenvalue weighted by molar-refractivity contribution is 0.415. The van der Waals surface area contributed by atoms with Crippen molar-refractivity contribution in [2.75, 3.05) is 7.11 Å². The molecule has 0 spiro atoms. The van der Waals surface area contributed by atoms with Crippen molar-refractivity contribution < 1.29 is 4.74 Å². The van der Waals surface area contributed by atoms with Crippen molar-refractivity contribution in [2.45, 2.75) is 0 Å². The van der Waals surface area contributed by atoms with Crippen molar-refractivity contribution in [1.82, 2.24) is 4.98 Å². The molecule has 0 bridgehead atoms. The number of rotatable bonds is 2. The molecule has 0 radical (unpaired) electrons. The first-order valence-electron chi connectivity index (χ1n) is 5.97. The zero-order valence-electron chi connectivity index (χ0n) is 10.4. The molecule has 3 aromatic rings. The highest BCUT2D eigenvalue weighted by Crippen LogP contribution is 2.24. The molecule has 2 nitrogen and oxygen atoms in total. The number of hydrogen-bond acceptors (Lipinski definition) is 2. The number of ether oxygens (including phenoxy) is 1. The number of fused-ring (bicyclic) bond motifs is 1. The van der Waals surface area contributed by atoms with E-state index in [2.05, 4.69) is 11.1 Å². The van der Waals surface area contributed by atoms with Crippen LogP contribution in [0.3, 0.4) is 0 Å². The summed E-state index contributed by atoms with van der Waals surface area (Å²) in [6.07, 6.45) is 0. The van der Waals surface area contributed by atoms with E-state index < -0.39 is 0 Å². The van der Waals surface area contributed by atoms with Gasteiger partial charge >= 0.3 is 0 Å². The number of hydrogen-bond donors (Lipinski definition) is 0. The molecule has 1 aromatic heterocycles. The third-order valence-electron chi connectivity index (χ3n) is 3.04. The Morgan fingerprint density at radius 1 is 0.947 bits per heavy atom. The molecule has 0 saturated heterocycles. The van der Waals surface area contributed by atoms with Crippen molar-refractivity contribution in [1.29, 1.82) is 0 Å². The van der Waals surface area contributed by atoms with E-state index in [1.54, 1.807) is 7.11 Å². The van der Waals surface area contributed by atoms with Crippen molar-refractivity contribution in [3.05, 3.63) is 59.6 Å². The topological polar surface area (TPSA) is 22.1 Å². The van der Waals surface area contributed by atoms with Crippen LogP contribution in [0.15, 0.2) is 54.6 Å².